The van der Waals surface area contributed by atoms with Crippen molar-refractivity contribution >= 4 is 11.8 Å². The van der Waals surface area contributed by atoms with E-state index >= 15 is 0 Å². The molecule has 0 saturated heterocycles. The summed E-state index contributed by atoms with van der Waals surface area (Å²) in [4.78, 5) is 0. The number of aromatic nitrogens is 3. The Balaban J connectivity index is 1.57. The summed E-state index contributed by atoms with van der Waals surface area (Å²) >= 11 is 1.44. The van der Waals surface area contributed by atoms with Crippen LogP contribution < -0.4 is 10.6 Å². The molecule has 2 N–H and O–H groups in total. The van der Waals surface area contributed by atoms with Crippen LogP contribution >= 0.6 is 11.8 Å². The summed E-state index contributed by atoms with van der Waals surface area (Å²) in [5.74, 6) is 8.22. The van der Waals surface area contributed by atoms with Crippen LogP contribution in [0, 0.1) is 5.82 Å². The van der Waals surface area contributed by atoms with Gasteiger partial charge in [0.25, 0.3) is 0 Å². The minimum Gasteiger partial charge on any atom is -0.486 e. The van der Waals surface area contributed by atoms with Gasteiger partial charge in [-0.15, -0.1) is 10.2 Å². The van der Waals surface area contributed by atoms with E-state index in [1.54, 1.807) is 12.1 Å². The van der Waals surface area contributed by atoms with E-state index < -0.39 is 0 Å². The molecule has 0 aliphatic heterocycles. The third-order valence-electron chi connectivity index (χ3n) is 3.93. The van der Waals surface area contributed by atoms with Gasteiger partial charge >= 0.3 is 0 Å². The predicted molar refractivity (Wildman–Crippen MR) is 101 cm³/mol. The van der Waals surface area contributed by atoms with E-state index in [9.17, 15) is 4.39 Å². The van der Waals surface area contributed by atoms with Gasteiger partial charge in [0.1, 0.15) is 18.2 Å². The Labute approximate surface area is 156 Å². The first kappa shape index (κ1) is 18.3. The fourth-order valence-corrected chi connectivity index (χ4v) is 3.16. The number of thioether (sulfide) groups is 1. The summed E-state index contributed by atoms with van der Waals surface area (Å²) in [5.41, 5.74) is 2.25. The molecule has 5 nitrogen and oxygen atoms in total. The molecule has 0 unspecified atom stereocenters. The topological polar surface area (TPSA) is 66.0 Å². The molecule has 0 fully saturated rings. The SMILES string of the molecule is CC(C)c1ccc(OCc2nnc(SCc3ccc(F)cc3)n2N)cc1. The van der Waals surface area contributed by atoms with Gasteiger partial charge in [-0.1, -0.05) is 49.9 Å². The van der Waals surface area contributed by atoms with Gasteiger partial charge < -0.3 is 10.6 Å². The lowest BCUT2D eigenvalue weighted by Gasteiger charge is -2.09. The molecule has 0 bridgehead atoms. The molecule has 3 aromatic rings. The summed E-state index contributed by atoms with van der Waals surface area (Å²) in [6.45, 7) is 4.54. The molecule has 1 aromatic heterocycles. The molecule has 7 heteroatoms. The zero-order chi connectivity index (χ0) is 18.5. The molecule has 0 aliphatic rings. The van der Waals surface area contributed by atoms with Crippen molar-refractivity contribution in [2.75, 3.05) is 5.84 Å². The summed E-state index contributed by atoms with van der Waals surface area (Å²) in [7, 11) is 0. The zero-order valence-electron chi connectivity index (χ0n) is 14.7. The molecule has 0 atom stereocenters. The molecule has 1 heterocycles. The van der Waals surface area contributed by atoms with Crippen molar-refractivity contribution in [2.45, 2.75) is 37.3 Å². The highest BCUT2D eigenvalue weighted by Gasteiger charge is 2.11. The van der Waals surface area contributed by atoms with Gasteiger partial charge in [-0.25, -0.2) is 9.07 Å². The second kappa shape index (κ2) is 8.23. The van der Waals surface area contributed by atoms with Gasteiger partial charge in [-0.3, -0.25) is 0 Å². The van der Waals surface area contributed by atoms with Crippen LogP contribution in [0.3, 0.4) is 0 Å². The summed E-state index contributed by atoms with van der Waals surface area (Å²) in [6.07, 6.45) is 0. The summed E-state index contributed by atoms with van der Waals surface area (Å²) < 4.78 is 20.1. The molecule has 136 valence electrons. The average Bonchev–Trinajstić information content (AvgIpc) is 3.00. The Hall–Kier alpha value is -2.54. The first-order valence-electron chi connectivity index (χ1n) is 8.32. The smallest absolute Gasteiger partial charge is 0.210 e. The summed E-state index contributed by atoms with van der Waals surface area (Å²) in [5, 5.41) is 8.77. The van der Waals surface area contributed by atoms with Crippen molar-refractivity contribution < 1.29 is 9.13 Å². The Morgan fingerprint density at radius 1 is 1.08 bits per heavy atom. The largest absolute Gasteiger partial charge is 0.486 e. The lowest BCUT2D eigenvalue weighted by atomic mass is 10.0. The van der Waals surface area contributed by atoms with Gasteiger partial charge in [0.2, 0.25) is 5.16 Å². The number of hydrogen-bond donors (Lipinski definition) is 1. The number of nitrogens with zero attached hydrogens (tertiary/aromatic N) is 3. The van der Waals surface area contributed by atoms with Crippen LogP contribution in [0.25, 0.3) is 0 Å². The number of halogens is 1. The van der Waals surface area contributed by atoms with Crippen molar-refractivity contribution in [3.63, 3.8) is 0 Å². The zero-order valence-corrected chi connectivity index (χ0v) is 15.5. The number of benzene rings is 2. The Kier molecular flexibility index (Phi) is 5.78. The van der Waals surface area contributed by atoms with E-state index in [2.05, 4.69) is 36.2 Å². The van der Waals surface area contributed by atoms with Crippen LogP contribution in [0.15, 0.2) is 53.7 Å². The maximum absolute atomic E-state index is 12.9. The highest BCUT2D eigenvalue weighted by atomic mass is 32.2. The van der Waals surface area contributed by atoms with Gasteiger partial charge in [-0.2, -0.15) is 0 Å². The fraction of sp³-hybridized carbons (Fsp3) is 0.263. The highest BCUT2D eigenvalue weighted by Crippen LogP contribution is 2.22. The van der Waals surface area contributed by atoms with Crippen molar-refractivity contribution in [3.05, 3.63) is 71.3 Å². The van der Waals surface area contributed by atoms with E-state index in [4.69, 9.17) is 10.6 Å². The van der Waals surface area contributed by atoms with E-state index in [1.807, 2.05) is 12.1 Å². The number of hydrogen-bond acceptors (Lipinski definition) is 5. The number of nitrogens with two attached hydrogens (primary N) is 1. The molecule has 3 rings (SSSR count). The van der Waals surface area contributed by atoms with Crippen LogP contribution in [0.1, 0.15) is 36.7 Å². The van der Waals surface area contributed by atoms with E-state index in [-0.39, 0.29) is 12.4 Å². The van der Waals surface area contributed by atoms with Crippen LogP contribution in [0.5, 0.6) is 5.75 Å². The first-order chi connectivity index (χ1) is 12.5. The molecule has 0 radical (unpaired) electrons. The lowest BCUT2D eigenvalue weighted by Crippen LogP contribution is -2.15. The van der Waals surface area contributed by atoms with Crippen LogP contribution in [-0.2, 0) is 12.4 Å². The fourth-order valence-electron chi connectivity index (χ4n) is 2.33. The molecular weight excluding hydrogens is 351 g/mol. The van der Waals surface area contributed by atoms with E-state index in [0.29, 0.717) is 22.7 Å². The molecule has 0 amide bonds. The third-order valence-corrected chi connectivity index (χ3v) is 4.95. The van der Waals surface area contributed by atoms with Crippen molar-refractivity contribution in [1.29, 1.82) is 0 Å². The van der Waals surface area contributed by atoms with Gasteiger partial charge in [0, 0.05) is 5.75 Å². The molecule has 0 aliphatic carbocycles. The van der Waals surface area contributed by atoms with Crippen LogP contribution in [0.4, 0.5) is 4.39 Å². The maximum atomic E-state index is 12.9. The van der Waals surface area contributed by atoms with Crippen molar-refractivity contribution in [3.8, 4) is 5.75 Å². The monoisotopic (exact) mass is 372 g/mol. The minimum absolute atomic E-state index is 0.238. The first-order valence-corrected chi connectivity index (χ1v) is 9.31. The van der Waals surface area contributed by atoms with Gasteiger partial charge in [0.05, 0.1) is 0 Å². The normalized spacial score (nSPS) is 11.1. The van der Waals surface area contributed by atoms with E-state index in [1.165, 1.54) is 34.1 Å². The lowest BCUT2D eigenvalue weighted by molar-refractivity contribution is 0.291. The van der Waals surface area contributed by atoms with Gasteiger partial charge in [0.15, 0.2) is 5.82 Å². The number of rotatable bonds is 7. The Bertz CT molecular complexity index is 847. The molecule has 2 aromatic carbocycles. The Morgan fingerprint density at radius 3 is 2.42 bits per heavy atom. The van der Waals surface area contributed by atoms with Crippen molar-refractivity contribution in [1.82, 2.24) is 14.9 Å². The maximum Gasteiger partial charge on any atom is 0.210 e. The predicted octanol–water partition coefficient (Wildman–Crippen LogP) is 4.13. The quantitative estimate of drug-likeness (QED) is 0.499. The molecule has 0 saturated carbocycles. The number of ether oxygens (including phenoxy) is 1. The van der Waals surface area contributed by atoms with Gasteiger partial charge in [-0.05, 0) is 41.3 Å². The van der Waals surface area contributed by atoms with Crippen molar-refractivity contribution in [2.24, 2.45) is 0 Å². The standard InChI is InChI=1S/C19H21FN4OS/c1-13(2)15-5-9-17(10-6-15)25-11-18-22-23-19(24(18)21)26-12-14-3-7-16(20)8-4-14/h3-10,13H,11-12,21H2,1-2H3. The van der Waals surface area contributed by atoms with Crippen LogP contribution in [-0.4, -0.2) is 14.9 Å². The van der Waals surface area contributed by atoms with Crippen LogP contribution in [0.2, 0.25) is 0 Å². The minimum atomic E-state index is -0.249. The summed E-state index contributed by atoms with van der Waals surface area (Å²) in [6, 6.07) is 14.3. The Morgan fingerprint density at radius 2 is 1.77 bits per heavy atom. The third kappa shape index (κ3) is 4.54. The second-order valence-electron chi connectivity index (χ2n) is 6.20. The average molecular weight is 372 g/mol. The molecule has 26 heavy (non-hydrogen) atoms. The molecule has 0 spiro atoms. The molecular formula is C19H21FN4OS. The highest BCUT2D eigenvalue weighted by molar-refractivity contribution is 7.98. The van der Waals surface area contributed by atoms with E-state index in [0.717, 1.165) is 11.3 Å². The number of nitrogen functional groups attached to an aromatic ring is 1. The second-order valence-corrected chi connectivity index (χ2v) is 7.14.